The van der Waals surface area contributed by atoms with E-state index in [2.05, 4.69) is 26.8 Å². The Morgan fingerprint density at radius 1 is 1.11 bits per heavy atom. The third-order valence-electron chi connectivity index (χ3n) is 12.0. The molecule has 1 spiro atoms. The molecule has 6 aliphatic rings. The summed E-state index contributed by atoms with van der Waals surface area (Å²) in [6.07, 6.45) is 8.10. The molecule has 0 aromatic heterocycles. The molecule has 0 aromatic rings. The van der Waals surface area contributed by atoms with Gasteiger partial charge in [0.05, 0.1) is 30.3 Å². The zero-order chi connectivity index (χ0) is 24.8. The van der Waals surface area contributed by atoms with Crippen LogP contribution in [0, 0.1) is 63.6 Å². The van der Waals surface area contributed by atoms with Crippen LogP contribution in [0.4, 0.5) is 0 Å². The van der Waals surface area contributed by atoms with Crippen LogP contribution in [0.3, 0.4) is 0 Å². The molecule has 0 amide bonds. The fourth-order valence-electron chi connectivity index (χ4n) is 10.1. The monoisotopic (exact) mass is 485 g/mol. The van der Waals surface area contributed by atoms with Gasteiger partial charge in [0.15, 0.2) is 5.79 Å². The average molecular weight is 486 g/mol. The van der Waals surface area contributed by atoms with Gasteiger partial charge >= 0.3 is 5.97 Å². The lowest BCUT2D eigenvalue weighted by molar-refractivity contribution is -0.271. The number of carbonyl (C=O) groups excluding carboxylic acids is 1. The third kappa shape index (κ3) is 3.33. The highest BCUT2D eigenvalue weighted by Gasteiger charge is 2.71. The number of carbonyl (C=O) groups is 1. The van der Waals surface area contributed by atoms with Crippen LogP contribution in [0.5, 0.6) is 0 Å². The number of ether oxygens (including phenoxy) is 3. The van der Waals surface area contributed by atoms with E-state index in [0.717, 1.165) is 57.8 Å². The maximum atomic E-state index is 12.0. The third-order valence-corrected chi connectivity index (χ3v) is 12.0. The molecule has 6 heteroatoms. The molecule has 0 radical (unpaired) electrons. The Balaban J connectivity index is 1.27. The first-order chi connectivity index (χ1) is 16.6. The SMILES string of the molecule is CC(=O)O[C@@H]1CC[C@@]2(C)[C@@H](CC[C@@H]3[C@H]2C[C@@]2(C#N)[C@H](O)[C@H]4[C@H](C[C@@H]32)O[C@]2(CC[C@H](C)CO2)[C@@H]4C)C1. The summed E-state index contributed by atoms with van der Waals surface area (Å²) in [6, 6.07) is 2.75. The molecule has 0 unspecified atom stereocenters. The van der Waals surface area contributed by atoms with E-state index in [1.807, 2.05) is 0 Å². The van der Waals surface area contributed by atoms with Gasteiger partial charge in [-0.05, 0) is 86.4 Å². The molecule has 6 fully saturated rings. The molecule has 2 aliphatic heterocycles. The van der Waals surface area contributed by atoms with Gasteiger partial charge in [0.2, 0.25) is 0 Å². The van der Waals surface area contributed by atoms with E-state index >= 15 is 0 Å². The lowest BCUT2D eigenvalue weighted by Gasteiger charge is -2.54. The number of hydrogen-bond acceptors (Lipinski definition) is 6. The van der Waals surface area contributed by atoms with Crippen molar-refractivity contribution in [3.63, 3.8) is 0 Å². The van der Waals surface area contributed by atoms with E-state index in [9.17, 15) is 15.2 Å². The van der Waals surface area contributed by atoms with E-state index < -0.39 is 17.3 Å². The molecule has 6 rings (SSSR count). The number of hydrogen-bond donors (Lipinski definition) is 1. The van der Waals surface area contributed by atoms with Crippen molar-refractivity contribution in [1.82, 2.24) is 0 Å². The molecule has 2 heterocycles. The van der Waals surface area contributed by atoms with Gasteiger partial charge in [-0.25, -0.2) is 0 Å². The molecule has 4 aliphatic carbocycles. The highest BCUT2D eigenvalue weighted by Crippen LogP contribution is 2.70. The zero-order valence-electron chi connectivity index (χ0n) is 21.9. The summed E-state index contributed by atoms with van der Waals surface area (Å²) >= 11 is 0. The lowest BCUT2D eigenvalue weighted by atomic mass is 9.52. The number of aliphatic hydroxyl groups excluding tert-OH is 1. The fourth-order valence-corrected chi connectivity index (χ4v) is 10.1. The first-order valence-electron chi connectivity index (χ1n) is 14.2. The predicted octanol–water partition coefficient (Wildman–Crippen LogP) is 4.84. The molecule has 194 valence electrons. The second kappa shape index (κ2) is 8.17. The minimum absolute atomic E-state index is 0.0242. The largest absolute Gasteiger partial charge is 0.463 e. The number of rotatable bonds is 1. The van der Waals surface area contributed by atoms with Gasteiger partial charge in [0, 0.05) is 25.2 Å². The summed E-state index contributed by atoms with van der Waals surface area (Å²) in [6.45, 7) is 9.06. The summed E-state index contributed by atoms with van der Waals surface area (Å²) in [5, 5.41) is 22.7. The topological polar surface area (TPSA) is 88.8 Å². The summed E-state index contributed by atoms with van der Waals surface area (Å²) in [5.74, 6) is 1.42. The molecule has 13 atom stereocenters. The van der Waals surface area contributed by atoms with Gasteiger partial charge in [-0.2, -0.15) is 5.26 Å². The summed E-state index contributed by atoms with van der Waals surface area (Å²) in [7, 11) is 0. The first-order valence-corrected chi connectivity index (χ1v) is 14.2. The van der Waals surface area contributed by atoms with Crippen molar-refractivity contribution in [2.75, 3.05) is 6.61 Å². The second-order valence-electron chi connectivity index (χ2n) is 13.5. The van der Waals surface area contributed by atoms with Crippen molar-refractivity contribution >= 4 is 5.97 Å². The minimum Gasteiger partial charge on any atom is -0.463 e. The summed E-state index contributed by atoms with van der Waals surface area (Å²) in [4.78, 5) is 11.6. The Bertz CT molecular complexity index is 907. The molecule has 35 heavy (non-hydrogen) atoms. The van der Waals surface area contributed by atoms with Crippen molar-refractivity contribution in [3.05, 3.63) is 0 Å². The van der Waals surface area contributed by atoms with Gasteiger partial charge in [-0.15, -0.1) is 0 Å². The number of nitrogens with zero attached hydrogens (tertiary/aromatic N) is 1. The fraction of sp³-hybridized carbons (Fsp3) is 0.931. The lowest BCUT2D eigenvalue weighted by Crippen LogP contribution is -2.53. The van der Waals surface area contributed by atoms with Crippen molar-refractivity contribution in [3.8, 4) is 6.07 Å². The molecular formula is C29H43NO5. The van der Waals surface area contributed by atoms with Crippen LogP contribution in [0.15, 0.2) is 0 Å². The highest BCUT2D eigenvalue weighted by molar-refractivity contribution is 5.66. The van der Waals surface area contributed by atoms with E-state index in [1.165, 1.54) is 6.92 Å². The Morgan fingerprint density at radius 2 is 1.91 bits per heavy atom. The maximum absolute atomic E-state index is 12.0. The number of aliphatic hydroxyl groups is 1. The van der Waals surface area contributed by atoms with Crippen LogP contribution in [-0.2, 0) is 19.0 Å². The molecule has 2 saturated heterocycles. The Labute approximate surface area is 210 Å². The van der Waals surface area contributed by atoms with Crippen LogP contribution in [0.1, 0.15) is 85.5 Å². The minimum atomic E-state index is -0.688. The number of fused-ring (bicyclic) bond motifs is 6. The second-order valence-corrected chi connectivity index (χ2v) is 13.5. The standard InChI is InChI=1S/C29H43NO5/c1-16-7-10-29(33-14-16)17(2)25-24(35-29)12-22-21-6-5-19-11-20(34-18(3)31)8-9-27(19,4)23(21)13-28(22,15-30)26(25)32/h16-17,19-26,32H,5-14H2,1-4H3/t16-,17+,19-,20+,21-,22-,23+,24-,25+,26+,27-,28-,29+/m0/s1. The van der Waals surface area contributed by atoms with E-state index in [-0.39, 0.29) is 41.3 Å². The normalized spacial score (nSPS) is 56.9. The molecule has 0 bridgehead atoms. The molecule has 0 aromatic carbocycles. The zero-order valence-corrected chi connectivity index (χ0v) is 21.9. The highest BCUT2D eigenvalue weighted by atomic mass is 16.7. The maximum Gasteiger partial charge on any atom is 0.302 e. The quantitative estimate of drug-likeness (QED) is 0.535. The Kier molecular flexibility index (Phi) is 5.65. The van der Waals surface area contributed by atoms with Gasteiger partial charge in [-0.1, -0.05) is 20.8 Å². The summed E-state index contributed by atoms with van der Waals surface area (Å²) in [5.41, 5.74) is -0.544. The van der Waals surface area contributed by atoms with Gasteiger partial charge in [0.25, 0.3) is 0 Å². The number of nitriles is 1. The van der Waals surface area contributed by atoms with E-state index in [0.29, 0.717) is 30.3 Å². The van der Waals surface area contributed by atoms with Gasteiger partial charge in [-0.3, -0.25) is 4.79 Å². The van der Waals surface area contributed by atoms with Crippen molar-refractivity contribution < 1.29 is 24.1 Å². The van der Waals surface area contributed by atoms with E-state index in [1.54, 1.807) is 0 Å². The van der Waals surface area contributed by atoms with Crippen LogP contribution in [0.2, 0.25) is 0 Å². The van der Waals surface area contributed by atoms with Gasteiger partial charge < -0.3 is 19.3 Å². The smallest absolute Gasteiger partial charge is 0.302 e. The Hall–Kier alpha value is -1.16. The first kappa shape index (κ1) is 24.2. The average Bonchev–Trinajstić information content (AvgIpc) is 3.30. The van der Waals surface area contributed by atoms with Crippen molar-refractivity contribution in [2.24, 2.45) is 52.3 Å². The molecular weight excluding hydrogens is 442 g/mol. The van der Waals surface area contributed by atoms with Crippen LogP contribution in [-0.4, -0.2) is 41.8 Å². The molecule has 4 saturated carbocycles. The molecule has 1 N–H and O–H groups in total. The van der Waals surface area contributed by atoms with Crippen LogP contribution in [0.25, 0.3) is 0 Å². The Morgan fingerprint density at radius 3 is 2.60 bits per heavy atom. The van der Waals surface area contributed by atoms with Crippen molar-refractivity contribution in [2.45, 2.75) is 110 Å². The van der Waals surface area contributed by atoms with Crippen molar-refractivity contribution in [1.29, 1.82) is 5.26 Å². The predicted molar refractivity (Wildman–Crippen MR) is 129 cm³/mol. The van der Waals surface area contributed by atoms with Crippen LogP contribution < -0.4 is 0 Å². The molecule has 6 nitrogen and oxygen atoms in total. The summed E-state index contributed by atoms with van der Waals surface area (Å²) < 4.78 is 18.7. The van der Waals surface area contributed by atoms with Crippen LogP contribution >= 0.6 is 0 Å². The van der Waals surface area contributed by atoms with E-state index in [4.69, 9.17) is 14.2 Å². The number of esters is 1. The van der Waals surface area contributed by atoms with Gasteiger partial charge in [0.1, 0.15) is 6.10 Å².